The standard InChI is InChI=1S/C20H21ClN2O6/c1-12-8-16(13(2)22(12)10-15-4-3-7-28-15)19(24)11-29-20(25)17-9-14(23(26)27)5-6-18(17)21/h5-6,8-9,15H,3-4,7,10-11H2,1-2H3/t15-/m0/s1. The summed E-state index contributed by atoms with van der Waals surface area (Å²) in [7, 11) is 0. The van der Waals surface area contributed by atoms with Crippen molar-refractivity contribution in [2.45, 2.75) is 39.3 Å². The van der Waals surface area contributed by atoms with Crippen LogP contribution in [0.2, 0.25) is 5.02 Å². The minimum Gasteiger partial charge on any atom is -0.454 e. The van der Waals surface area contributed by atoms with Crippen molar-refractivity contribution in [3.8, 4) is 0 Å². The first-order valence-corrected chi connectivity index (χ1v) is 9.58. The predicted molar refractivity (Wildman–Crippen MR) is 106 cm³/mol. The van der Waals surface area contributed by atoms with Gasteiger partial charge in [-0.15, -0.1) is 0 Å². The highest BCUT2D eigenvalue weighted by atomic mass is 35.5. The number of Topliss-reactive ketones (excluding diaryl/α,β-unsaturated/α-hetero) is 1. The van der Waals surface area contributed by atoms with Gasteiger partial charge in [0.15, 0.2) is 6.61 Å². The number of halogens is 1. The minimum atomic E-state index is -0.889. The maximum Gasteiger partial charge on any atom is 0.340 e. The number of esters is 1. The van der Waals surface area contributed by atoms with E-state index in [2.05, 4.69) is 0 Å². The fraction of sp³-hybridized carbons (Fsp3) is 0.400. The van der Waals surface area contributed by atoms with Crippen LogP contribution in [0.3, 0.4) is 0 Å². The van der Waals surface area contributed by atoms with Crippen LogP contribution in [0.5, 0.6) is 0 Å². The van der Waals surface area contributed by atoms with Gasteiger partial charge in [0.05, 0.1) is 21.6 Å². The number of ketones is 1. The number of aryl methyl sites for hydroxylation is 1. The Morgan fingerprint density at radius 1 is 1.31 bits per heavy atom. The Morgan fingerprint density at radius 2 is 2.07 bits per heavy atom. The van der Waals surface area contributed by atoms with E-state index in [1.54, 1.807) is 6.07 Å². The van der Waals surface area contributed by atoms with E-state index in [4.69, 9.17) is 21.1 Å². The number of rotatable bonds is 7. The zero-order valence-electron chi connectivity index (χ0n) is 16.1. The van der Waals surface area contributed by atoms with Crippen molar-refractivity contribution >= 4 is 29.0 Å². The molecule has 1 aromatic heterocycles. The summed E-state index contributed by atoms with van der Waals surface area (Å²) >= 11 is 5.93. The highest BCUT2D eigenvalue weighted by Gasteiger charge is 2.23. The largest absolute Gasteiger partial charge is 0.454 e. The summed E-state index contributed by atoms with van der Waals surface area (Å²) in [5, 5.41) is 10.9. The molecule has 1 aliphatic rings. The summed E-state index contributed by atoms with van der Waals surface area (Å²) < 4.78 is 12.8. The third kappa shape index (κ3) is 4.65. The lowest BCUT2D eigenvalue weighted by molar-refractivity contribution is -0.384. The molecule has 0 saturated carbocycles. The van der Waals surface area contributed by atoms with Crippen molar-refractivity contribution < 1.29 is 24.0 Å². The summed E-state index contributed by atoms with van der Waals surface area (Å²) in [5.41, 5.74) is 1.74. The van der Waals surface area contributed by atoms with Gasteiger partial charge in [-0.05, 0) is 38.8 Å². The number of nitrogens with zero attached hydrogens (tertiary/aromatic N) is 2. The van der Waals surface area contributed by atoms with Gasteiger partial charge in [-0.3, -0.25) is 14.9 Å². The van der Waals surface area contributed by atoms with Crippen LogP contribution in [0.15, 0.2) is 24.3 Å². The molecule has 1 saturated heterocycles. The summed E-state index contributed by atoms with van der Waals surface area (Å²) in [5.74, 6) is -1.24. The van der Waals surface area contributed by atoms with Crippen molar-refractivity contribution in [2.24, 2.45) is 0 Å². The number of hydrogen-bond acceptors (Lipinski definition) is 6. The lowest BCUT2D eigenvalue weighted by Gasteiger charge is -2.14. The molecule has 0 radical (unpaired) electrons. The molecule has 1 aromatic carbocycles. The molecule has 1 aliphatic heterocycles. The molecule has 0 amide bonds. The predicted octanol–water partition coefficient (Wildman–Crippen LogP) is 3.89. The van der Waals surface area contributed by atoms with Crippen LogP contribution in [-0.4, -0.2) is 40.6 Å². The smallest absolute Gasteiger partial charge is 0.340 e. The van der Waals surface area contributed by atoms with Crippen LogP contribution >= 0.6 is 11.6 Å². The van der Waals surface area contributed by atoms with Gasteiger partial charge in [0.2, 0.25) is 5.78 Å². The monoisotopic (exact) mass is 420 g/mol. The molecule has 2 heterocycles. The molecule has 3 rings (SSSR count). The second-order valence-corrected chi connectivity index (χ2v) is 7.36. The molecule has 154 valence electrons. The number of non-ortho nitro benzene ring substituents is 1. The van der Waals surface area contributed by atoms with Crippen LogP contribution in [0.25, 0.3) is 0 Å². The Hall–Kier alpha value is -2.71. The minimum absolute atomic E-state index is 0.0165. The van der Waals surface area contributed by atoms with Gasteiger partial charge in [0.1, 0.15) is 0 Å². The second-order valence-electron chi connectivity index (χ2n) is 6.95. The number of aromatic nitrogens is 1. The third-order valence-corrected chi connectivity index (χ3v) is 5.33. The first kappa shape index (κ1) is 21.0. The van der Waals surface area contributed by atoms with Crippen LogP contribution < -0.4 is 0 Å². The Labute approximate surface area is 172 Å². The summed E-state index contributed by atoms with van der Waals surface area (Å²) in [6.07, 6.45) is 2.16. The van der Waals surface area contributed by atoms with E-state index in [1.807, 2.05) is 18.4 Å². The van der Waals surface area contributed by atoms with Crippen LogP contribution in [0.4, 0.5) is 5.69 Å². The lowest BCUT2D eigenvalue weighted by atomic mass is 10.1. The van der Waals surface area contributed by atoms with Gasteiger partial charge in [-0.1, -0.05) is 11.6 Å². The fourth-order valence-corrected chi connectivity index (χ4v) is 3.62. The SMILES string of the molecule is Cc1cc(C(=O)COC(=O)c2cc([N+](=O)[O-])ccc2Cl)c(C)n1C[C@@H]1CCCO1. The highest BCUT2D eigenvalue weighted by Crippen LogP contribution is 2.24. The summed E-state index contributed by atoms with van der Waals surface area (Å²) in [4.78, 5) is 35.1. The molecule has 0 N–H and O–H groups in total. The van der Waals surface area contributed by atoms with E-state index >= 15 is 0 Å². The maximum absolute atomic E-state index is 12.6. The van der Waals surface area contributed by atoms with Crippen molar-refractivity contribution in [3.05, 3.63) is 61.9 Å². The van der Waals surface area contributed by atoms with Crippen molar-refractivity contribution in [1.82, 2.24) is 4.57 Å². The van der Waals surface area contributed by atoms with E-state index < -0.39 is 17.5 Å². The number of nitro benzene ring substituents is 1. The Kier molecular flexibility index (Phi) is 6.34. The number of benzene rings is 1. The van der Waals surface area contributed by atoms with E-state index in [0.29, 0.717) is 12.1 Å². The molecule has 2 aromatic rings. The van der Waals surface area contributed by atoms with Crippen LogP contribution in [0.1, 0.15) is 44.9 Å². The molecular formula is C20H21ClN2O6. The third-order valence-electron chi connectivity index (χ3n) is 5.00. The van der Waals surface area contributed by atoms with Gasteiger partial charge in [0.25, 0.3) is 5.69 Å². The molecular weight excluding hydrogens is 400 g/mol. The molecule has 8 nitrogen and oxygen atoms in total. The average molecular weight is 421 g/mol. The van der Waals surface area contributed by atoms with Crippen LogP contribution in [0, 0.1) is 24.0 Å². The maximum atomic E-state index is 12.6. The first-order valence-electron chi connectivity index (χ1n) is 9.20. The molecule has 0 unspecified atom stereocenters. The van der Waals surface area contributed by atoms with Crippen molar-refractivity contribution in [3.63, 3.8) is 0 Å². The molecule has 29 heavy (non-hydrogen) atoms. The molecule has 1 fully saturated rings. The summed E-state index contributed by atoms with van der Waals surface area (Å²) in [6.45, 7) is 4.70. The van der Waals surface area contributed by atoms with Crippen molar-refractivity contribution in [1.29, 1.82) is 0 Å². The van der Waals surface area contributed by atoms with E-state index in [0.717, 1.165) is 36.9 Å². The lowest BCUT2D eigenvalue weighted by Crippen LogP contribution is -2.18. The number of hydrogen-bond donors (Lipinski definition) is 0. The van der Waals surface area contributed by atoms with Crippen molar-refractivity contribution in [2.75, 3.05) is 13.2 Å². The first-order chi connectivity index (χ1) is 13.8. The number of carbonyl (C=O) groups is 2. The molecule has 1 atom stereocenters. The Bertz CT molecular complexity index is 962. The van der Waals surface area contributed by atoms with Gasteiger partial charge < -0.3 is 14.0 Å². The number of carbonyl (C=O) groups excluding carboxylic acids is 2. The zero-order valence-corrected chi connectivity index (χ0v) is 16.9. The van der Waals surface area contributed by atoms with Crippen LogP contribution in [-0.2, 0) is 16.0 Å². The fourth-order valence-electron chi connectivity index (χ4n) is 3.43. The van der Waals surface area contributed by atoms with Gasteiger partial charge in [-0.25, -0.2) is 4.79 Å². The topological polar surface area (TPSA) is 101 Å². The molecule has 9 heteroatoms. The average Bonchev–Trinajstić information content (AvgIpc) is 3.29. The van der Waals surface area contributed by atoms with Gasteiger partial charge in [-0.2, -0.15) is 0 Å². The summed E-state index contributed by atoms with van der Waals surface area (Å²) in [6, 6.07) is 5.23. The molecule has 0 aliphatic carbocycles. The molecule has 0 spiro atoms. The normalized spacial score (nSPS) is 16.0. The second kappa shape index (κ2) is 8.75. The van der Waals surface area contributed by atoms with Gasteiger partial charge >= 0.3 is 5.97 Å². The quantitative estimate of drug-likeness (QED) is 0.291. The molecule has 0 bridgehead atoms. The zero-order chi connectivity index (χ0) is 21.1. The Balaban J connectivity index is 1.69. The number of ether oxygens (including phenoxy) is 2. The van der Waals surface area contributed by atoms with E-state index in [1.165, 1.54) is 12.1 Å². The van der Waals surface area contributed by atoms with Gasteiger partial charge in [0, 0.05) is 42.2 Å². The van der Waals surface area contributed by atoms with E-state index in [-0.39, 0.29) is 28.2 Å². The highest BCUT2D eigenvalue weighted by molar-refractivity contribution is 6.33. The number of nitro groups is 1. The van der Waals surface area contributed by atoms with E-state index in [9.17, 15) is 19.7 Å². The Morgan fingerprint density at radius 3 is 2.72 bits per heavy atom.